The lowest BCUT2D eigenvalue weighted by atomic mass is 9.99. The predicted octanol–water partition coefficient (Wildman–Crippen LogP) is 1.72. The standard InChI is InChI=1S/C12H21NO2/c14-12(11-5-7-15-8-6-11)13-9-10-3-1-2-4-10/h10-11H,1-9H2,(H,13,14). The lowest BCUT2D eigenvalue weighted by molar-refractivity contribution is -0.128. The molecular weight excluding hydrogens is 190 g/mol. The molecule has 0 aromatic heterocycles. The van der Waals surface area contributed by atoms with Gasteiger partial charge in [0.15, 0.2) is 0 Å². The maximum atomic E-state index is 11.8. The molecule has 2 aliphatic rings. The molecule has 15 heavy (non-hydrogen) atoms. The third-order valence-electron chi connectivity index (χ3n) is 3.63. The molecule has 0 radical (unpaired) electrons. The van der Waals surface area contributed by atoms with Crippen molar-refractivity contribution in [3.63, 3.8) is 0 Å². The summed E-state index contributed by atoms with van der Waals surface area (Å²) in [7, 11) is 0. The molecule has 1 saturated carbocycles. The fourth-order valence-corrected chi connectivity index (χ4v) is 2.56. The Balaban J connectivity index is 1.66. The summed E-state index contributed by atoms with van der Waals surface area (Å²) < 4.78 is 5.25. The van der Waals surface area contributed by atoms with E-state index in [0.29, 0.717) is 0 Å². The molecule has 0 aromatic carbocycles. The molecule has 0 spiro atoms. The van der Waals surface area contributed by atoms with E-state index >= 15 is 0 Å². The van der Waals surface area contributed by atoms with Gasteiger partial charge in [0.2, 0.25) is 5.91 Å². The molecular formula is C12H21NO2. The molecule has 0 bridgehead atoms. The lowest BCUT2D eigenvalue weighted by Gasteiger charge is -2.22. The summed E-state index contributed by atoms with van der Waals surface area (Å²) in [6.07, 6.45) is 7.09. The zero-order valence-electron chi connectivity index (χ0n) is 9.34. The molecule has 2 fully saturated rings. The molecule has 2 rings (SSSR count). The van der Waals surface area contributed by atoms with Crippen molar-refractivity contribution >= 4 is 5.91 Å². The Kier molecular flexibility index (Phi) is 4.01. The normalized spacial score (nSPS) is 24.3. The van der Waals surface area contributed by atoms with Gasteiger partial charge in [0.1, 0.15) is 0 Å². The summed E-state index contributed by atoms with van der Waals surface area (Å²) in [6, 6.07) is 0. The fraction of sp³-hybridized carbons (Fsp3) is 0.917. The maximum absolute atomic E-state index is 11.8. The van der Waals surface area contributed by atoms with Crippen LogP contribution in [0.1, 0.15) is 38.5 Å². The monoisotopic (exact) mass is 211 g/mol. The molecule has 1 heterocycles. The Labute approximate surface area is 91.6 Å². The molecule has 3 heteroatoms. The zero-order chi connectivity index (χ0) is 10.5. The van der Waals surface area contributed by atoms with Crippen LogP contribution in [-0.2, 0) is 9.53 Å². The molecule has 1 aliphatic heterocycles. The van der Waals surface area contributed by atoms with Gasteiger partial charge in [0, 0.05) is 25.7 Å². The molecule has 0 atom stereocenters. The van der Waals surface area contributed by atoms with Crippen LogP contribution in [0.2, 0.25) is 0 Å². The molecule has 0 unspecified atom stereocenters. The number of hydrogen-bond acceptors (Lipinski definition) is 2. The highest BCUT2D eigenvalue weighted by atomic mass is 16.5. The Morgan fingerprint density at radius 1 is 1.13 bits per heavy atom. The van der Waals surface area contributed by atoms with Gasteiger partial charge >= 0.3 is 0 Å². The second kappa shape index (κ2) is 5.50. The molecule has 3 nitrogen and oxygen atoms in total. The van der Waals surface area contributed by atoms with Gasteiger partial charge in [-0.25, -0.2) is 0 Å². The fourth-order valence-electron chi connectivity index (χ4n) is 2.56. The molecule has 1 saturated heterocycles. The average Bonchev–Trinajstić information content (AvgIpc) is 2.80. The van der Waals surface area contributed by atoms with Crippen LogP contribution in [0.4, 0.5) is 0 Å². The first-order chi connectivity index (χ1) is 7.36. The maximum Gasteiger partial charge on any atom is 0.223 e. The molecule has 1 amide bonds. The Morgan fingerprint density at radius 2 is 1.80 bits per heavy atom. The number of amides is 1. The van der Waals surface area contributed by atoms with Crippen molar-refractivity contribution in [3.05, 3.63) is 0 Å². The number of carbonyl (C=O) groups is 1. The number of rotatable bonds is 3. The van der Waals surface area contributed by atoms with Crippen LogP contribution in [0, 0.1) is 11.8 Å². The van der Waals surface area contributed by atoms with Crippen LogP contribution in [0.25, 0.3) is 0 Å². The molecule has 0 aromatic rings. The first-order valence-electron chi connectivity index (χ1n) is 6.21. The summed E-state index contributed by atoms with van der Waals surface area (Å²) in [5, 5.41) is 3.10. The highest BCUT2D eigenvalue weighted by Crippen LogP contribution is 2.24. The summed E-state index contributed by atoms with van der Waals surface area (Å²) in [5.41, 5.74) is 0. The van der Waals surface area contributed by atoms with Crippen LogP contribution in [0.3, 0.4) is 0 Å². The van der Waals surface area contributed by atoms with Crippen LogP contribution >= 0.6 is 0 Å². The van der Waals surface area contributed by atoms with Gasteiger partial charge in [0.05, 0.1) is 0 Å². The molecule has 86 valence electrons. The highest BCUT2D eigenvalue weighted by molar-refractivity contribution is 5.78. The second-order valence-electron chi connectivity index (χ2n) is 4.78. The number of nitrogens with one attached hydrogen (secondary N) is 1. The van der Waals surface area contributed by atoms with E-state index in [0.717, 1.165) is 38.5 Å². The van der Waals surface area contributed by atoms with Crippen molar-refractivity contribution in [3.8, 4) is 0 Å². The second-order valence-corrected chi connectivity index (χ2v) is 4.78. The van der Waals surface area contributed by atoms with Crippen molar-refractivity contribution in [2.24, 2.45) is 11.8 Å². The van der Waals surface area contributed by atoms with Gasteiger partial charge in [0.25, 0.3) is 0 Å². The minimum atomic E-state index is 0.208. The van der Waals surface area contributed by atoms with Gasteiger partial charge < -0.3 is 10.1 Å². The lowest BCUT2D eigenvalue weighted by Crippen LogP contribution is -2.36. The first kappa shape index (κ1) is 10.9. The Hall–Kier alpha value is -0.570. The Morgan fingerprint density at radius 3 is 2.47 bits per heavy atom. The van der Waals surface area contributed by atoms with Crippen LogP contribution in [0.5, 0.6) is 0 Å². The average molecular weight is 211 g/mol. The van der Waals surface area contributed by atoms with Crippen molar-refractivity contribution in [2.75, 3.05) is 19.8 Å². The van der Waals surface area contributed by atoms with Crippen LogP contribution < -0.4 is 5.32 Å². The summed E-state index contributed by atoms with van der Waals surface area (Å²) >= 11 is 0. The first-order valence-corrected chi connectivity index (χ1v) is 6.21. The van der Waals surface area contributed by atoms with Gasteiger partial charge in [-0.2, -0.15) is 0 Å². The summed E-state index contributed by atoms with van der Waals surface area (Å²) in [4.78, 5) is 11.8. The van der Waals surface area contributed by atoms with Crippen LogP contribution in [-0.4, -0.2) is 25.7 Å². The van der Waals surface area contributed by atoms with E-state index in [2.05, 4.69) is 5.32 Å². The van der Waals surface area contributed by atoms with Gasteiger partial charge in [-0.1, -0.05) is 12.8 Å². The van der Waals surface area contributed by atoms with Gasteiger partial charge in [-0.3, -0.25) is 4.79 Å². The van der Waals surface area contributed by atoms with Crippen molar-refractivity contribution in [2.45, 2.75) is 38.5 Å². The minimum absolute atomic E-state index is 0.208. The van der Waals surface area contributed by atoms with E-state index in [-0.39, 0.29) is 11.8 Å². The van der Waals surface area contributed by atoms with E-state index in [9.17, 15) is 4.79 Å². The highest BCUT2D eigenvalue weighted by Gasteiger charge is 2.22. The van der Waals surface area contributed by atoms with E-state index in [1.54, 1.807) is 0 Å². The number of carbonyl (C=O) groups excluding carboxylic acids is 1. The van der Waals surface area contributed by atoms with E-state index in [1.165, 1.54) is 25.7 Å². The van der Waals surface area contributed by atoms with Crippen LogP contribution in [0.15, 0.2) is 0 Å². The third kappa shape index (κ3) is 3.20. The predicted molar refractivity (Wildman–Crippen MR) is 58.5 cm³/mol. The molecule has 1 aliphatic carbocycles. The quantitative estimate of drug-likeness (QED) is 0.772. The Bertz CT molecular complexity index is 206. The van der Waals surface area contributed by atoms with Gasteiger partial charge in [-0.15, -0.1) is 0 Å². The van der Waals surface area contributed by atoms with Gasteiger partial charge in [-0.05, 0) is 31.6 Å². The van der Waals surface area contributed by atoms with Crippen molar-refractivity contribution in [1.29, 1.82) is 0 Å². The smallest absolute Gasteiger partial charge is 0.223 e. The molecule has 1 N–H and O–H groups in total. The number of ether oxygens (including phenoxy) is 1. The summed E-state index contributed by atoms with van der Waals surface area (Å²) in [6.45, 7) is 2.40. The van der Waals surface area contributed by atoms with E-state index in [1.807, 2.05) is 0 Å². The largest absolute Gasteiger partial charge is 0.381 e. The SMILES string of the molecule is O=C(NCC1CCCC1)C1CCOCC1. The van der Waals surface area contributed by atoms with E-state index < -0.39 is 0 Å². The minimum Gasteiger partial charge on any atom is -0.381 e. The van der Waals surface area contributed by atoms with E-state index in [4.69, 9.17) is 4.74 Å². The zero-order valence-corrected chi connectivity index (χ0v) is 9.34. The third-order valence-corrected chi connectivity index (χ3v) is 3.63. The summed E-state index contributed by atoms with van der Waals surface area (Å²) in [5.74, 6) is 1.21. The number of hydrogen-bond donors (Lipinski definition) is 1. The topological polar surface area (TPSA) is 38.3 Å². The van der Waals surface area contributed by atoms with Crippen molar-refractivity contribution < 1.29 is 9.53 Å². The van der Waals surface area contributed by atoms with Crippen molar-refractivity contribution in [1.82, 2.24) is 5.32 Å².